The van der Waals surface area contributed by atoms with Gasteiger partial charge in [-0.3, -0.25) is 0 Å². The van der Waals surface area contributed by atoms with E-state index in [9.17, 15) is 4.39 Å². The minimum atomic E-state index is -0.258. The van der Waals surface area contributed by atoms with Crippen LogP contribution in [-0.4, -0.2) is 25.2 Å². The lowest BCUT2D eigenvalue weighted by Gasteiger charge is -2.26. The van der Waals surface area contributed by atoms with Crippen molar-refractivity contribution in [2.24, 2.45) is 10.7 Å². The Kier molecular flexibility index (Phi) is 4.67. The average Bonchev–Trinajstić information content (AvgIpc) is 2.95. The number of rotatable bonds is 5. The minimum absolute atomic E-state index is 0.0349. The molecule has 0 spiro atoms. The Hall–Kier alpha value is -2.27. The van der Waals surface area contributed by atoms with Crippen LogP contribution in [0.3, 0.4) is 0 Å². The van der Waals surface area contributed by atoms with E-state index in [-0.39, 0.29) is 17.9 Å². The SMILES string of the molecule is NC1=NC(CN(Cc2ccc(Cl)cc2)c2ccc(F)cc2)CO1. The molecule has 6 heteroatoms. The molecule has 1 unspecified atom stereocenters. The van der Waals surface area contributed by atoms with E-state index in [1.54, 1.807) is 12.1 Å². The summed E-state index contributed by atoms with van der Waals surface area (Å²) in [6, 6.07) is 14.3. The molecule has 1 atom stereocenters. The quantitative estimate of drug-likeness (QED) is 0.914. The highest BCUT2D eigenvalue weighted by atomic mass is 35.5. The summed E-state index contributed by atoms with van der Waals surface area (Å²) in [5.41, 5.74) is 7.60. The lowest BCUT2D eigenvalue weighted by molar-refractivity contribution is 0.313. The Labute approximate surface area is 139 Å². The van der Waals surface area contributed by atoms with Crippen LogP contribution in [0.1, 0.15) is 5.56 Å². The number of amidine groups is 1. The third-order valence-corrected chi connectivity index (χ3v) is 3.89. The molecule has 1 aliphatic rings. The van der Waals surface area contributed by atoms with Gasteiger partial charge in [0.2, 0.25) is 0 Å². The number of aliphatic imine (C=N–C) groups is 1. The molecule has 23 heavy (non-hydrogen) atoms. The van der Waals surface area contributed by atoms with Crippen LogP contribution in [0.15, 0.2) is 53.5 Å². The summed E-state index contributed by atoms with van der Waals surface area (Å²) in [4.78, 5) is 6.39. The van der Waals surface area contributed by atoms with Crippen molar-refractivity contribution in [1.82, 2.24) is 0 Å². The number of anilines is 1. The van der Waals surface area contributed by atoms with Crippen LogP contribution in [0.4, 0.5) is 10.1 Å². The Bertz CT molecular complexity index is 688. The molecule has 0 saturated carbocycles. The van der Waals surface area contributed by atoms with Crippen LogP contribution in [0.5, 0.6) is 0 Å². The van der Waals surface area contributed by atoms with Gasteiger partial charge in [-0.15, -0.1) is 0 Å². The van der Waals surface area contributed by atoms with E-state index in [0.29, 0.717) is 24.7 Å². The molecule has 0 fully saturated rings. The van der Waals surface area contributed by atoms with Gasteiger partial charge < -0.3 is 15.4 Å². The molecule has 3 rings (SSSR count). The molecule has 1 heterocycles. The fraction of sp³-hybridized carbons (Fsp3) is 0.235. The lowest BCUT2D eigenvalue weighted by Crippen LogP contribution is -2.32. The fourth-order valence-electron chi connectivity index (χ4n) is 2.51. The van der Waals surface area contributed by atoms with E-state index in [1.807, 2.05) is 24.3 Å². The minimum Gasteiger partial charge on any atom is -0.463 e. The summed E-state index contributed by atoms with van der Waals surface area (Å²) < 4.78 is 18.4. The average molecular weight is 334 g/mol. The highest BCUT2D eigenvalue weighted by Crippen LogP contribution is 2.20. The maximum Gasteiger partial charge on any atom is 0.282 e. The van der Waals surface area contributed by atoms with Crippen molar-refractivity contribution < 1.29 is 9.13 Å². The lowest BCUT2D eigenvalue weighted by atomic mass is 10.1. The molecule has 2 N–H and O–H groups in total. The van der Waals surface area contributed by atoms with Crippen LogP contribution in [0.2, 0.25) is 5.02 Å². The molecule has 0 aromatic heterocycles. The van der Waals surface area contributed by atoms with Crippen molar-refractivity contribution in [1.29, 1.82) is 0 Å². The summed E-state index contributed by atoms with van der Waals surface area (Å²) in [5, 5.41) is 0.698. The number of halogens is 2. The second-order valence-electron chi connectivity index (χ2n) is 5.42. The van der Waals surface area contributed by atoms with E-state index in [0.717, 1.165) is 11.3 Å². The molecular formula is C17H17ClFN3O. The number of benzene rings is 2. The first-order chi connectivity index (χ1) is 11.1. The van der Waals surface area contributed by atoms with Crippen LogP contribution in [0.25, 0.3) is 0 Å². The summed E-state index contributed by atoms with van der Waals surface area (Å²) >= 11 is 5.93. The molecule has 0 amide bonds. The van der Waals surface area contributed by atoms with E-state index in [4.69, 9.17) is 22.1 Å². The zero-order valence-electron chi connectivity index (χ0n) is 12.5. The van der Waals surface area contributed by atoms with Crippen molar-refractivity contribution in [3.8, 4) is 0 Å². The third-order valence-electron chi connectivity index (χ3n) is 3.64. The standard InChI is InChI=1S/C17H17ClFN3O/c18-13-3-1-12(2-4-13)9-22(10-15-11-23-17(20)21-15)16-7-5-14(19)6-8-16/h1-8,15H,9-11H2,(H2,20,21). The summed E-state index contributed by atoms with van der Waals surface area (Å²) in [5.74, 6) is -0.258. The van der Waals surface area contributed by atoms with Gasteiger partial charge in [-0.1, -0.05) is 23.7 Å². The summed E-state index contributed by atoms with van der Waals surface area (Å²) in [7, 11) is 0. The number of ether oxygens (including phenoxy) is 1. The number of nitrogens with two attached hydrogens (primary N) is 1. The predicted octanol–water partition coefficient (Wildman–Crippen LogP) is 3.20. The summed E-state index contributed by atoms with van der Waals surface area (Å²) in [6.45, 7) is 1.76. The maximum absolute atomic E-state index is 13.2. The first-order valence-corrected chi connectivity index (χ1v) is 7.69. The number of hydrogen-bond acceptors (Lipinski definition) is 4. The Morgan fingerprint density at radius 3 is 2.48 bits per heavy atom. The zero-order chi connectivity index (χ0) is 16.2. The highest BCUT2D eigenvalue weighted by Gasteiger charge is 2.20. The highest BCUT2D eigenvalue weighted by molar-refractivity contribution is 6.30. The Balaban J connectivity index is 1.80. The molecule has 2 aromatic carbocycles. The molecule has 1 aliphatic heterocycles. The molecule has 0 radical (unpaired) electrons. The molecular weight excluding hydrogens is 317 g/mol. The van der Waals surface area contributed by atoms with Crippen LogP contribution in [0, 0.1) is 5.82 Å². The van der Waals surface area contributed by atoms with Gasteiger partial charge in [0.15, 0.2) is 0 Å². The van der Waals surface area contributed by atoms with Crippen LogP contribution in [-0.2, 0) is 11.3 Å². The van der Waals surface area contributed by atoms with Gasteiger partial charge in [0.25, 0.3) is 6.02 Å². The zero-order valence-corrected chi connectivity index (χ0v) is 13.2. The molecule has 0 saturated heterocycles. The molecule has 0 bridgehead atoms. The van der Waals surface area contributed by atoms with Crippen molar-refractivity contribution in [3.05, 3.63) is 64.9 Å². The second kappa shape index (κ2) is 6.87. The van der Waals surface area contributed by atoms with E-state index in [1.165, 1.54) is 12.1 Å². The fourth-order valence-corrected chi connectivity index (χ4v) is 2.63. The Morgan fingerprint density at radius 2 is 1.87 bits per heavy atom. The van der Waals surface area contributed by atoms with E-state index >= 15 is 0 Å². The predicted molar refractivity (Wildman–Crippen MR) is 90.3 cm³/mol. The molecule has 120 valence electrons. The summed E-state index contributed by atoms with van der Waals surface area (Å²) in [6.07, 6.45) is 0. The van der Waals surface area contributed by atoms with E-state index < -0.39 is 0 Å². The molecule has 2 aromatic rings. The van der Waals surface area contributed by atoms with E-state index in [2.05, 4.69) is 9.89 Å². The topological polar surface area (TPSA) is 50.8 Å². The normalized spacial score (nSPS) is 16.8. The van der Waals surface area contributed by atoms with Crippen molar-refractivity contribution in [3.63, 3.8) is 0 Å². The number of hydrogen-bond donors (Lipinski definition) is 1. The van der Waals surface area contributed by atoms with Crippen molar-refractivity contribution >= 4 is 23.3 Å². The largest absolute Gasteiger partial charge is 0.463 e. The van der Waals surface area contributed by atoms with Crippen LogP contribution >= 0.6 is 11.6 Å². The van der Waals surface area contributed by atoms with Crippen LogP contribution < -0.4 is 10.6 Å². The molecule has 4 nitrogen and oxygen atoms in total. The smallest absolute Gasteiger partial charge is 0.282 e. The third kappa shape index (κ3) is 4.13. The Morgan fingerprint density at radius 1 is 1.17 bits per heavy atom. The van der Waals surface area contributed by atoms with Gasteiger partial charge >= 0.3 is 0 Å². The van der Waals surface area contributed by atoms with Gasteiger partial charge in [0.05, 0.1) is 0 Å². The molecule has 0 aliphatic carbocycles. The maximum atomic E-state index is 13.2. The number of nitrogens with zero attached hydrogens (tertiary/aromatic N) is 2. The van der Waals surface area contributed by atoms with Gasteiger partial charge in [-0.2, -0.15) is 0 Å². The van der Waals surface area contributed by atoms with Crippen molar-refractivity contribution in [2.45, 2.75) is 12.6 Å². The van der Waals surface area contributed by atoms with Gasteiger partial charge in [0, 0.05) is 23.8 Å². The first kappa shape index (κ1) is 15.6. The van der Waals surface area contributed by atoms with Gasteiger partial charge in [-0.05, 0) is 42.0 Å². The van der Waals surface area contributed by atoms with Gasteiger partial charge in [0.1, 0.15) is 18.5 Å². The second-order valence-corrected chi connectivity index (χ2v) is 5.85. The monoisotopic (exact) mass is 333 g/mol. The van der Waals surface area contributed by atoms with Crippen molar-refractivity contribution in [2.75, 3.05) is 18.1 Å². The van der Waals surface area contributed by atoms with Gasteiger partial charge in [-0.25, -0.2) is 9.38 Å². The first-order valence-electron chi connectivity index (χ1n) is 7.31.